The number of amides is 2. The Morgan fingerprint density at radius 1 is 0.980 bits per heavy atom. The number of terminal acetylenes is 1. The van der Waals surface area contributed by atoms with E-state index in [1.807, 2.05) is 6.07 Å². The molecule has 3 atom stereocenters. The number of fused-ring (bicyclic) bond motifs is 3. The van der Waals surface area contributed by atoms with E-state index in [1.54, 1.807) is 36.4 Å². The fourth-order valence-electron chi connectivity index (χ4n) is 9.03. The summed E-state index contributed by atoms with van der Waals surface area (Å²) in [6.07, 6.45) is 16.0. The summed E-state index contributed by atoms with van der Waals surface area (Å²) in [6.45, 7) is 0.525. The maximum Gasteiger partial charge on any atom is 0.335 e. The highest BCUT2D eigenvalue weighted by Crippen LogP contribution is 2.66. The van der Waals surface area contributed by atoms with Gasteiger partial charge in [0, 0.05) is 34.3 Å². The van der Waals surface area contributed by atoms with Crippen molar-refractivity contribution in [3.63, 3.8) is 0 Å². The van der Waals surface area contributed by atoms with Crippen molar-refractivity contribution in [2.24, 2.45) is 0 Å². The van der Waals surface area contributed by atoms with Gasteiger partial charge in [0.15, 0.2) is 0 Å². The molecule has 3 N–H and O–H groups in total. The Kier molecular flexibility index (Phi) is 10.9. The van der Waals surface area contributed by atoms with Crippen molar-refractivity contribution < 1.29 is 23.9 Å². The number of halogens is 3. The SMILES string of the molecule is C#CCCCCCCCCN1C(C(=O)Nc2ccc(C(=O)O)cc2)[C@H](c2cccc(Cl)c2F)[C@]2(C(=O)Nc3cc(Cl)ccc32)C12CCCCC2. The van der Waals surface area contributed by atoms with Gasteiger partial charge in [-0.2, -0.15) is 0 Å². The van der Waals surface area contributed by atoms with Crippen molar-refractivity contribution in [3.05, 3.63) is 93.2 Å². The van der Waals surface area contributed by atoms with Gasteiger partial charge in [-0.3, -0.25) is 14.5 Å². The van der Waals surface area contributed by atoms with Crippen LogP contribution in [-0.4, -0.2) is 45.9 Å². The van der Waals surface area contributed by atoms with E-state index in [0.717, 1.165) is 64.2 Å². The molecular formula is C40H42Cl2FN3O4. The normalized spacial score (nSPS) is 22.3. The van der Waals surface area contributed by atoms with Gasteiger partial charge in [-0.25, -0.2) is 9.18 Å². The Labute approximate surface area is 302 Å². The Hall–Kier alpha value is -3.90. The number of nitrogens with one attached hydrogen (secondary N) is 2. The summed E-state index contributed by atoms with van der Waals surface area (Å²) in [5.74, 6) is -0.669. The molecule has 0 bridgehead atoms. The third kappa shape index (κ3) is 6.29. The molecule has 3 aromatic rings. The van der Waals surface area contributed by atoms with E-state index < -0.39 is 40.6 Å². The largest absolute Gasteiger partial charge is 0.478 e. The Morgan fingerprint density at radius 3 is 2.38 bits per heavy atom. The molecule has 2 spiro atoms. The second kappa shape index (κ2) is 15.1. The smallest absolute Gasteiger partial charge is 0.335 e. The van der Waals surface area contributed by atoms with E-state index in [-0.39, 0.29) is 22.1 Å². The van der Waals surface area contributed by atoms with Gasteiger partial charge < -0.3 is 15.7 Å². The van der Waals surface area contributed by atoms with Crippen molar-refractivity contribution in [2.75, 3.05) is 17.2 Å². The number of carbonyl (C=O) groups excluding carboxylic acids is 2. The fraction of sp³-hybridized carbons (Fsp3) is 0.425. The van der Waals surface area contributed by atoms with Crippen LogP contribution in [0.4, 0.5) is 15.8 Å². The average molecular weight is 719 g/mol. The van der Waals surface area contributed by atoms with Crippen molar-refractivity contribution in [1.29, 1.82) is 0 Å². The van der Waals surface area contributed by atoms with E-state index in [0.29, 0.717) is 41.3 Å². The summed E-state index contributed by atoms with van der Waals surface area (Å²) in [7, 11) is 0. The maximum absolute atomic E-state index is 16.5. The molecule has 6 rings (SSSR count). The van der Waals surface area contributed by atoms with Crippen LogP contribution in [0.1, 0.15) is 104 Å². The summed E-state index contributed by atoms with van der Waals surface area (Å²) in [6, 6.07) is 15.1. The summed E-state index contributed by atoms with van der Waals surface area (Å²) < 4.78 is 16.5. The van der Waals surface area contributed by atoms with Gasteiger partial charge >= 0.3 is 5.97 Å². The predicted molar refractivity (Wildman–Crippen MR) is 195 cm³/mol. The quantitative estimate of drug-likeness (QED) is 0.128. The van der Waals surface area contributed by atoms with E-state index in [4.69, 9.17) is 29.6 Å². The molecule has 262 valence electrons. The van der Waals surface area contributed by atoms with Crippen molar-refractivity contribution >= 4 is 52.4 Å². The van der Waals surface area contributed by atoms with E-state index in [2.05, 4.69) is 21.5 Å². The summed E-state index contributed by atoms with van der Waals surface area (Å²) in [5, 5.41) is 15.9. The summed E-state index contributed by atoms with van der Waals surface area (Å²) in [4.78, 5) is 43.6. The molecule has 2 amide bonds. The van der Waals surface area contributed by atoms with Crippen molar-refractivity contribution in [3.8, 4) is 12.3 Å². The molecule has 1 aliphatic carbocycles. The first-order chi connectivity index (χ1) is 24.2. The molecule has 7 nitrogen and oxygen atoms in total. The lowest BCUT2D eigenvalue weighted by atomic mass is 9.55. The number of carbonyl (C=O) groups is 3. The van der Waals surface area contributed by atoms with Crippen LogP contribution in [0.3, 0.4) is 0 Å². The van der Waals surface area contributed by atoms with E-state index >= 15 is 4.39 Å². The molecule has 2 aliphatic heterocycles. The third-order valence-corrected chi connectivity index (χ3v) is 11.6. The molecule has 1 saturated carbocycles. The fourth-order valence-corrected chi connectivity index (χ4v) is 9.39. The van der Waals surface area contributed by atoms with Gasteiger partial charge in [-0.1, -0.05) is 86.3 Å². The van der Waals surface area contributed by atoms with Gasteiger partial charge in [-0.05, 0) is 85.8 Å². The van der Waals surface area contributed by atoms with Gasteiger partial charge in [0.25, 0.3) is 0 Å². The second-order valence-electron chi connectivity index (χ2n) is 13.8. The van der Waals surface area contributed by atoms with Crippen LogP contribution in [0.25, 0.3) is 0 Å². The molecule has 0 radical (unpaired) electrons. The van der Waals surface area contributed by atoms with Crippen LogP contribution in [0.15, 0.2) is 60.7 Å². The highest BCUT2D eigenvalue weighted by Gasteiger charge is 2.75. The van der Waals surface area contributed by atoms with Crippen LogP contribution < -0.4 is 10.6 Å². The van der Waals surface area contributed by atoms with Gasteiger partial charge in [-0.15, -0.1) is 12.3 Å². The van der Waals surface area contributed by atoms with Gasteiger partial charge in [0.05, 0.1) is 16.6 Å². The van der Waals surface area contributed by atoms with Crippen LogP contribution in [-0.2, 0) is 15.0 Å². The standard InChI is InChI=1S/C40H42Cl2FN3O4/c1-2-3-4-5-6-7-8-12-24-46-35(36(47)44-28-19-16-26(17-20-28)37(48)49)33(29-14-13-15-31(42)34(29)43)40(39(46)22-10-9-11-23-39)30-21-18-27(41)25-32(30)45-38(40)50/h1,13-21,25,33,35H,3-12,22-24H2,(H,44,47)(H,45,50)(H,48,49)/t33-,35?,40+/m0/s1. The van der Waals surface area contributed by atoms with E-state index in [9.17, 15) is 19.5 Å². The predicted octanol–water partition coefficient (Wildman–Crippen LogP) is 9.19. The minimum Gasteiger partial charge on any atom is -0.478 e. The zero-order valence-corrected chi connectivity index (χ0v) is 29.5. The van der Waals surface area contributed by atoms with Crippen molar-refractivity contribution in [2.45, 2.75) is 100.0 Å². The number of likely N-dealkylation sites (tertiary alicyclic amines) is 1. The molecule has 1 unspecified atom stereocenters. The monoisotopic (exact) mass is 717 g/mol. The number of carboxylic acid groups (broad SMARTS) is 1. The zero-order valence-electron chi connectivity index (χ0n) is 28.0. The number of unbranched alkanes of at least 4 members (excludes halogenated alkanes) is 6. The van der Waals surface area contributed by atoms with E-state index in [1.165, 1.54) is 18.2 Å². The number of carboxylic acids is 1. The lowest BCUT2D eigenvalue weighted by molar-refractivity contribution is -0.127. The van der Waals surface area contributed by atoms with Gasteiger partial charge in [0.2, 0.25) is 11.8 Å². The molecule has 2 fully saturated rings. The maximum atomic E-state index is 16.5. The number of hydrogen-bond donors (Lipinski definition) is 3. The highest BCUT2D eigenvalue weighted by molar-refractivity contribution is 6.31. The summed E-state index contributed by atoms with van der Waals surface area (Å²) in [5.41, 5.74) is -0.202. The first kappa shape index (κ1) is 35.9. The number of rotatable bonds is 12. The second-order valence-corrected chi connectivity index (χ2v) is 14.6. The summed E-state index contributed by atoms with van der Waals surface area (Å²) >= 11 is 12.9. The average Bonchev–Trinajstić information content (AvgIpc) is 3.52. The number of hydrogen-bond acceptors (Lipinski definition) is 4. The highest BCUT2D eigenvalue weighted by atomic mass is 35.5. The molecule has 3 aliphatic rings. The van der Waals surface area contributed by atoms with Gasteiger partial charge in [0.1, 0.15) is 11.2 Å². The molecule has 10 heteroatoms. The molecule has 2 heterocycles. The number of aromatic carboxylic acids is 1. The van der Waals surface area contributed by atoms with Crippen LogP contribution in [0.5, 0.6) is 0 Å². The minimum absolute atomic E-state index is 0.0849. The molecule has 50 heavy (non-hydrogen) atoms. The Morgan fingerprint density at radius 2 is 1.68 bits per heavy atom. The molecule has 3 aromatic carbocycles. The number of nitrogens with zero attached hydrogens (tertiary/aromatic N) is 1. The molecular weight excluding hydrogens is 676 g/mol. The first-order valence-corrected chi connectivity index (χ1v) is 18.3. The molecule has 0 aromatic heterocycles. The lowest BCUT2D eigenvalue weighted by Gasteiger charge is -2.51. The zero-order chi connectivity index (χ0) is 35.5. The topological polar surface area (TPSA) is 98.7 Å². The van der Waals surface area contributed by atoms with Crippen molar-refractivity contribution in [1.82, 2.24) is 4.90 Å². The molecule has 1 saturated heterocycles. The minimum atomic E-state index is -1.34. The van der Waals surface area contributed by atoms with Crippen LogP contribution >= 0.6 is 23.2 Å². The lowest BCUT2D eigenvalue weighted by Crippen LogP contribution is -2.61. The van der Waals surface area contributed by atoms with Crippen LogP contribution in [0.2, 0.25) is 10.0 Å². The number of benzene rings is 3. The number of anilines is 2. The first-order valence-electron chi connectivity index (χ1n) is 17.6. The van der Waals surface area contributed by atoms with Crippen LogP contribution in [0, 0.1) is 18.2 Å². The Bertz CT molecular complexity index is 1800. The Balaban J connectivity index is 1.51. The third-order valence-electron chi connectivity index (χ3n) is 11.1.